The van der Waals surface area contributed by atoms with E-state index in [1.165, 1.54) is 0 Å². The van der Waals surface area contributed by atoms with E-state index in [0.717, 1.165) is 20.4 Å². The second kappa shape index (κ2) is 4.59. The summed E-state index contributed by atoms with van der Waals surface area (Å²) in [5.74, 6) is -0.181. The van der Waals surface area contributed by atoms with Crippen LogP contribution in [0.2, 0.25) is 5.02 Å². The highest BCUT2D eigenvalue weighted by atomic mass is 35.5. The van der Waals surface area contributed by atoms with Crippen molar-refractivity contribution in [3.05, 3.63) is 40.2 Å². The zero-order valence-electron chi connectivity index (χ0n) is 9.14. The molecule has 1 amide bonds. The zero-order valence-corrected chi connectivity index (χ0v) is 11.5. The van der Waals surface area contributed by atoms with Gasteiger partial charge in [-0.1, -0.05) is 29.4 Å². The van der Waals surface area contributed by atoms with Gasteiger partial charge in [0.2, 0.25) is 5.91 Å². The maximum atomic E-state index is 11.5. The summed E-state index contributed by atoms with van der Waals surface area (Å²) in [6, 6.07) is 7.07. The van der Waals surface area contributed by atoms with Gasteiger partial charge in [0, 0.05) is 16.1 Å². The molecule has 2 aromatic rings. The first-order valence-corrected chi connectivity index (χ1v) is 7.34. The Kier molecular flexibility index (Phi) is 3.07. The molecule has 1 aliphatic rings. The SMILES string of the molecule is NC1C(=O)Nc2cc(Sc3cccs3)c(Cl)cc21. The van der Waals surface area contributed by atoms with E-state index < -0.39 is 6.04 Å². The van der Waals surface area contributed by atoms with E-state index in [1.54, 1.807) is 29.2 Å². The molecule has 1 atom stereocenters. The van der Waals surface area contributed by atoms with Gasteiger partial charge in [-0.15, -0.1) is 11.3 Å². The molecule has 0 fully saturated rings. The first kappa shape index (κ1) is 12.0. The van der Waals surface area contributed by atoms with Crippen LogP contribution in [0, 0.1) is 0 Å². The van der Waals surface area contributed by atoms with Crippen molar-refractivity contribution in [2.24, 2.45) is 5.73 Å². The number of carbonyl (C=O) groups is 1. The van der Waals surface area contributed by atoms with E-state index >= 15 is 0 Å². The Labute approximate surface area is 117 Å². The molecule has 1 unspecified atom stereocenters. The van der Waals surface area contributed by atoms with Gasteiger partial charge in [-0.3, -0.25) is 4.79 Å². The number of nitrogens with two attached hydrogens (primary N) is 1. The molecule has 3 N–H and O–H groups in total. The van der Waals surface area contributed by atoms with Crippen molar-refractivity contribution >= 4 is 46.3 Å². The second-order valence-corrected chi connectivity index (χ2v) is 6.57. The average Bonchev–Trinajstić information content (AvgIpc) is 2.92. The molecule has 1 aromatic heterocycles. The Hall–Kier alpha value is -1.01. The Balaban J connectivity index is 1.98. The van der Waals surface area contributed by atoms with Crippen molar-refractivity contribution in [3.8, 4) is 0 Å². The van der Waals surface area contributed by atoms with Gasteiger partial charge in [0.25, 0.3) is 0 Å². The van der Waals surface area contributed by atoms with Crippen molar-refractivity contribution in [1.29, 1.82) is 0 Å². The van der Waals surface area contributed by atoms with E-state index in [-0.39, 0.29) is 5.91 Å². The predicted molar refractivity (Wildman–Crippen MR) is 75.5 cm³/mol. The fourth-order valence-corrected chi connectivity index (χ4v) is 3.86. The fraction of sp³-hybridized carbons (Fsp3) is 0.0833. The third-order valence-electron chi connectivity index (χ3n) is 2.69. The number of nitrogens with one attached hydrogen (secondary N) is 1. The molecule has 0 saturated carbocycles. The maximum absolute atomic E-state index is 11.5. The molecule has 2 heterocycles. The molecule has 6 heteroatoms. The van der Waals surface area contributed by atoms with E-state index in [9.17, 15) is 4.79 Å². The topological polar surface area (TPSA) is 55.1 Å². The molecule has 1 aromatic carbocycles. The van der Waals surface area contributed by atoms with Crippen LogP contribution < -0.4 is 11.1 Å². The first-order valence-electron chi connectivity index (χ1n) is 5.26. The summed E-state index contributed by atoms with van der Waals surface area (Å²) in [5, 5.41) is 5.40. The van der Waals surface area contributed by atoms with Gasteiger partial charge in [-0.25, -0.2) is 0 Å². The molecule has 0 aliphatic carbocycles. The summed E-state index contributed by atoms with van der Waals surface area (Å²) < 4.78 is 1.16. The minimum Gasteiger partial charge on any atom is -0.324 e. The Morgan fingerprint density at radius 2 is 2.28 bits per heavy atom. The molecule has 3 rings (SSSR count). The number of halogens is 1. The maximum Gasteiger partial charge on any atom is 0.245 e. The molecule has 0 saturated heterocycles. The van der Waals surface area contributed by atoms with Gasteiger partial charge < -0.3 is 11.1 Å². The van der Waals surface area contributed by atoms with Crippen molar-refractivity contribution in [3.63, 3.8) is 0 Å². The number of carbonyl (C=O) groups excluding carboxylic acids is 1. The number of thiophene rings is 1. The van der Waals surface area contributed by atoms with Gasteiger partial charge in [0.05, 0.1) is 9.23 Å². The van der Waals surface area contributed by atoms with E-state index in [0.29, 0.717) is 5.02 Å². The number of hydrogen-bond acceptors (Lipinski definition) is 4. The van der Waals surface area contributed by atoms with Crippen LogP contribution in [0.1, 0.15) is 11.6 Å². The van der Waals surface area contributed by atoms with Gasteiger partial charge in [0.1, 0.15) is 6.04 Å². The largest absolute Gasteiger partial charge is 0.324 e. The summed E-state index contributed by atoms with van der Waals surface area (Å²) >= 11 is 9.46. The Bertz CT molecular complexity index is 613. The van der Waals surface area contributed by atoms with Gasteiger partial charge >= 0.3 is 0 Å². The standard InChI is InChI=1S/C12H9ClN2OS2/c13-7-4-6-8(15-12(16)11(6)14)5-9(7)18-10-2-1-3-17-10/h1-5,11H,14H2,(H,15,16). The van der Waals surface area contributed by atoms with E-state index in [1.807, 2.05) is 23.6 Å². The highest BCUT2D eigenvalue weighted by Crippen LogP contribution is 2.41. The number of amides is 1. The van der Waals surface area contributed by atoms with Crippen molar-refractivity contribution in [2.75, 3.05) is 5.32 Å². The fourth-order valence-electron chi connectivity index (χ4n) is 1.79. The second-order valence-electron chi connectivity index (χ2n) is 3.87. The molecule has 0 bridgehead atoms. The third-order valence-corrected chi connectivity index (χ3v) is 5.21. The van der Waals surface area contributed by atoms with E-state index in [2.05, 4.69) is 5.32 Å². The molecule has 18 heavy (non-hydrogen) atoms. The molecule has 0 spiro atoms. The number of anilines is 1. The predicted octanol–water partition coefficient (Wildman–Crippen LogP) is 3.50. The molecular formula is C12H9ClN2OS2. The van der Waals surface area contributed by atoms with Crippen LogP contribution in [-0.2, 0) is 4.79 Å². The Morgan fingerprint density at radius 1 is 1.44 bits per heavy atom. The van der Waals surface area contributed by atoms with Crippen molar-refractivity contribution < 1.29 is 4.79 Å². The molecule has 0 radical (unpaired) electrons. The van der Waals surface area contributed by atoms with Crippen molar-refractivity contribution in [2.45, 2.75) is 15.1 Å². The third kappa shape index (κ3) is 2.03. The van der Waals surface area contributed by atoms with Crippen LogP contribution in [-0.4, -0.2) is 5.91 Å². The minimum absolute atomic E-state index is 0.181. The number of hydrogen-bond donors (Lipinski definition) is 2. The van der Waals surface area contributed by atoms with Crippen LogP contribution >= 0.6 is 34.7 Å². The van der Waals surface area contributed by atoms with Crippen LogP contribution in [0.4, 0.5) is 5.69 Å². The van der Waals surface area contributed by atoms with Crippen LogP contribution in [0.25, 0.3) is 0 Å². The highest BCUT2D eigenvalue weighted by Gasteiger charge is 2.28. The average molecular weight is 297 g/mol. The molecule has 1 aliphatic heterocycles. The normalized spacial score (nSPS) is 17.7. The summed E-state index contributed by atoms with van der Waals surface area (Å²) in [6.07, 6.45) is 0. The van der Waals surface area contributed by atoms with Gasteiger partial charge in [-0.2, -0.15) is 0 Å². The number of benzene rings is 1. The quantitative estimate of drug-likeness (QED) is 0.892. The lowest BCUT2D eigenvalue weighted by molar-refractivity contribution is -0.116. The lowest BCUT2D eigenvalue weighted by Gasteiger charge is -2.07. The number of rotatable bonds is 2. The first-order chi connectivity index (χ1) is 8.65. The van der Waals surface area contributed by atoms with E-state index in [4.69, 9.17) is 17.3 Å². The van der Waals surface area contributed by atoms with Crippen LogP contribution in [0.5, 0.6) is 0 Å². The molecule has 92 valence electrons. The summed E-state index contributed by atoms with van der Waals surface area (Å²) in [6.45, 7) is 0. The van der Waals surface area contributed by atoms with Crippen LogP contribution in [0.3, 0.4) is 0 Å². The molecule has 3 nitrogen and oxygen atoms in total. The summed E-state index contributed by atoms with van der Waals surface area (Å²) in [4.78, 5) is 12.4. The Morgan fingerprint density at radius 3 is 3.00 bits per heavy atom. The lowest BCUT2D eigenvalue weighted by Crippen LogP contribution is -2.19. The van der Waals surface area contributed by atoms with Crippen LogP contribution in [0.15, 0.2) is 38.8 Å². The van der Waals surface area contributed by atoms with Gasteiger partial charge in [-0.05, 0) is 23.6 Å². The van der Waals surface area contributed by atoms with Gasteiger partial charge in [0.15, 0.2) is 0 Å². The summed E-state index contributed by atoms with van der Waals surface area (Å²) in [7, 11) is 0. The lowest BCUT2D eigenvalue weighted by atomic mass is 10.1. The monoisotopic (exact) mass is 296 g/mol. The zero-order chi connectivity index (χ0) is 12.7. The molecular weight excluding hydrogens is 288 g/mol. The minimum atomic E-state index is -0.613. The smallest absolute Gasteiger partial charge is 0.245 e. The summed E-state index contributed by atoms with van der Waals surface area (Å²) in [5.41, 5.74) is 7.29. The highest BCUT2D eigenvalue weighted by molar-refractivity contribution is 8.01. The van der Waals surface area contributed by atoms with Crippen molar-refractivity contribution in [1.82, 2.24) is 0 Å². The number of fused-ring (bicyclic) bond motifs is 1.